The fraction of sp³-hybridized carbons (Fsp3) is 0.143. The van der Waals surface area contributed by atoms with Gasteiger partial charge in [-0.05, 0) is 30.7 Å². The van der Waals surface area contributed by atoms with Crippen LogP contribution in [0.2, 0.25) is 0 Å². The molecule has 0 aliphatic rings. The monoisotopic (exact) mass is 262 g/mol. The fourth-order valence-corrected chi connectivity index (χ4v) is 0.608. The smallest absolute Gasteiger partial charge is 0.207 e. The number of halogens is 4. The molecule has 2 nitrogen and oxygen atoms in total. The summed E-state index contributed by atoms with van der Waals surface area (Å²) in [4.78, 5) is 0. The van der Waals surface area contributed by atoms with Crippen LogP contribution in [-0.2, 0) is 8.26 Å². The maximum absolute atomic E-state index is 12.3. The van der Waals surface area contributed by atoms with Crippen molar-refractivity contribution in [1.82, 2.24) is 0 Å². The summed E-state index contributed by atoms with van der Waals surface area (Å²) in [5.41, 5.74) is 0.343. The molecule has 1 aromatic carbocycles. The zero-order chi connectivity index (χ0) is 11.4. The quantitative estimate of drug-likeness (QED) is 0.674. The molecule has 0 unspecified atom stereocenters. The minimum Gasteiger partial charge on any atom is -0.207 e. The highest BCUT2D eigenvalue weighted by molar-refractivity contribution is 8.31. The molecule has 0 radical (unpaired) electrons. The summed E-state index contributed by atoms with van der Waals surface area (Å²) >= 11 is 0. The van der Waals surface area contributed by atoms with Gasteiger partial charge in [-0.1, -0.05) is 0 Å². The summed E-state index contributed by atoms with van der Waals surface area (Å²) in [6.45, 7) is 1.53. The van der Waals surface area contributed by atoms with Crippen molar-refractivity contribution in [2.24, 2.45) is 0 Å². The molecule has 0 heterocycles. The Bertz CT molecular complexity index is 398. The predicted molar refractivity (Wildman–Crippen MR) is 51.7 cm³/mol. The Hall–Kier alpha value is -0.390. The Morgan fingerprint density at radius 1 is 1.21 bits per heavy atom. The van der Waals surface area contributed by atoms with Crippen LogP contribution in [0.3, 0.4) is 0 Å². The molecule has 0 amide bonds. The molecule has 0 saturated carbocycles. The topological polar surface area (TPSA) is 34.1 Å². The Balaban J connectivity index is 0.000000292. The number of hydrogen-bond acceptors (Lipinski definition) is 2. The normalized spacial score (nSPS) is 10.4. The van der Waals surface area contributed by atoms with Crippen LogP contribution in [0.15, 0.2) is 18.2 Å². The lowest BCUT2D eigenvalue weighted by Gasteiger charge is -1.92. The minimum atomic E-state index is -3.72. The zero-order valence-corrected chi connectivity index (χ0v) is 9.30. The van der Waals surface area contributed by atoms with E-state index in [-0.39, 0.29) is 5.82 Å². The molecule has 0 fully saturated rings. The zero-order valence-electron chi connectivity index (χ0n) is 6.97. The minimum absolute atomic E-state index is 0.343. The first-order valence-electron chi connectivity index (χ1n) is 3.26. The van der Waals surface area contributed by atoms with Gasteiger partial charge >= 0.3 is 8.26 Å². The molecule has 1 aromatic rings. The molecule has 14 heavy (non-hydrogen) atoms. The van der Waals surface area contributed by atoms with E-state index in [2.05, 4.69) is 21.4 Å². The van der Waals surface area contributed by atoms with E-state index < -0.39 is 14.1 Å². The van der Waals surface area contributed by atoms with Gasteiger partial charge in [0.25, 0.3) is 0 Å². The highest BCUT2D eigenvalue weighted by Crippen LogP contribution is 2.06. The SMILES string of the molecule is Cc1cc(F)ccc1F.O=S(=O)(Cl)Cl. The van der Waals surface area contributed by atoms with E-state index in [4.69, 9.17) is 8.42 Å². The van der Waals surface area contributed by atoms with Gasteiger partial charge in [-0.2, -0.15) is 8.42 Å². The molecule has 0 N–H and O–H groups in total. The van der Waals surface area contributed by atoms with Crippen molar-refractivity contribution >= 4 is 29.6 Å². The third-order valence-electron chi connectivity index (χ3n) is 1.12. The van der Waals surface area contributed by atoms with Crippen LogP contribution >= 0.6 is 21.4 Å². The second kappa shape index (κ2) is 5.48. The molecule has 0 saturated heterocycles. The lowest BCUT2D eigenvalue weighted by molar-refractivity contribution is 0.592. The highest BCUT2D eigenvalue weighted by Gasteiger charge is 1.95. The van der Waals surface area contributed by atoms with Gasteiger partial charge < -0.3 is 0 Å². The summed E-state index contributed by atoms with van der Waals surface area (Å²) in [5.74, 6) is -0.759. The second-order valence-corrected chi connectivity index (χ2v) is 5.94. The van der Waals surface area contributed by atoms with E-state index in [0.717, 1.165) is 18.2 Å². The van der Waals surface area contributed by atoms with E-state index in [1.807, 2.05) is 0 Å². The lowest BCUT2D eigenvalue weighted by Crippen LogP contribution is -1.81. The van der Waals surface area contributed by atoms with Gasteiger partial charge in [-0.15, -0.1) is 0 Å². The largest absolute Gasteiger partial charge is 0.317 e. The molecule has 0 bridgehead atoms. The van der Waals surface area contributed by atoms with Gasteiger partial charge in [0.05, 0.1) is 0 Å². The Kier molecular flexibility index (Phi) is 5.33. The van der Waals surface area contributed by atoms with Crippen LogP contribution < -0.4 is 0 Å². The van der Waals surface area contributed by atoms with Gasteiger partial charge in [0.15, 0.2) is 0 Å². The molecule has 0 aliphatic heterocycles. The number of aryl methyl sites for hydroxylation is 1. The molecule has 7 heteroatoms. The van der Waals surface area contributed by atoms with Crippen LogP contribution in [0.1, 0.15) is 5.56 Å². The van der Waals surface area contributed by atoms with E-state index in [0.29, 0.717) is 5.56 Å². The molecular weight excluding hydrogens is 257 g/mol. The predicted octanol–water partition coefficient (Wildman–Crippen LogP) is 2.98. The maximum atomic E-state index is 12.3. The standard InChI is InChI=1S/C7H6F2.Cl2O2S/c1-5-4-6(8)2-3-7(5)9;1-5(2,3)4/h2-4H,1H3;. The van der Waals surface area contributed by atoms with Crippen molar-refractivity contribution in [3.8, 4) is 0 Å². The Morgan fingerprint density at radius 2 is 1.64 bits per heavy atom. The van der Waals surface area contributed by atoms with Gasteiger partial charge in [-0.25, -0.2) is 8.78 Å². The average molecular weight is 263 g/mol. The van der Waals surface area contributed by atoms with Gasteiger partial charge in [-0.3, -0.25) is 0 Å². The first kappa shape index (κ1) is 13.6. The average Bonchev–Trinajstić information content (AvgIpc) is 1.94. The van der Waals surface area contributed by atoms with E-state index in [9.17, 15) is 8.78 Å². The van der Waals surface area contributed by atoms with Crippen molar-refractivity contribution in [3.63, 3.8) is 0 Å². The van der Waals surface area contributed by atoms with E-state index >= 15 is 0 Å². The molecule has 1 rings (SSSR count). The van der Waals surface area contributed by atoms with Crippen LogP contribution in [0, 0.1) is 18.6 Å². The summed E-state index contributed by atoms with van der Waals surface area (Å²) in [5, 5.41) is 0. The number of benzene rings is 1. The van der Waals surface area contributed by atoms with Crippen molar-refractivity contribution in [3.05, 3.63) is 35.4 Å². The summed E-state index contributed by atoms with van der Waals surface area (Å²) in [6, 6.07) is 3.38. The summed E-state index contributed by atoms with van der Waals surface area (Å²) in [6.07, 6.45) is 0. The van der Waals surface area contributed by atoms with Crippen LogP contribution in [-0.4, -0.2) is 8.42 Å². The number of rotatable bonds is 0. The summed E-state index contributed by atoms with van der Waals surface area (Å²) in [7, 11) is 4.81. The molecule has 0 aromatic heterocycles. The van der Waals surface area contributed by atoms with Gasteiger partial charge in [0.2, 0.25) is 0 Å². The van der Waals surface area contributed by atoms with Crippen LogP contribution in [0.4, 0.5) is 8.78 Å². The molecule has 80 valence electrons. The number of hydrogen-bond donors (Lipinski definition) is 0. The second-order valence-electron chi connectivity index (χ2n) is 2.27. The highest BCUT2D eigenvalue weighted by atomic mass is 36.0. The van der Waals surface area contributed by atoms with Crippen molar-refractivity contribution in [2.45, 2.75) is 6.92 Å². The third-order valence-corrected chi connectivity index (χ3v) is 1.12. The van der Waals surface area contributed by atoms with Crippen molar-refractivity contribution < 1.29 is 17.2 Å². The fourth-order valence-electron chi connectivity index (χ4n) is 0.608. The van der Waals surface area contributed by atoms with Crippen molar-refractivity contribution in [1.29, 1.82) is 0 Å². The first-order chi connectivity index (χ1) is 6.20. The van der Waals surface area contributed by atoms with E-state index in [1.165, 1.54) is 6.92 Å². The van der Waals surface area contributed by atoms with E-state index in [1.54, 1.807) is 0 Å². The molecule has 0 atom stereocenters. The maximum Gasteiger partial charge on any atom is 0.317 e. The van der Waals surface area contributed by atoms with Crippen molar-refractivity contribution in [2.75, 3.05) is 0 Å². The van der Waals surface area contributed by atoms with Crippen LogP contribution in [0.5, 0.6) is 0 Å². The first-order valence-corrected chi connectivity index (χ1v) is 6.39. The van der Waals surface area contributed by atoms with Crippen LogP contribution in [0.25, 0.3) is 0 Å². The Morgan fingerprint density at radius 3 is 1.93 bits per heavy atom. The Labute approximate surface area is 89.4 Å². The molecule has 0 aliphatic carbocycles. The lowest BCUT2D eigenvalue weighted by atomic mass is 10.2. The van der Waals surface area contributed by atoms with Gasteiger partial charge in [0, 0.05) is 21.4 Å². The third kappa shape index (κ3) is 8.22. The molecule has 0 spiro atoms. The molecular formula is C7H6Cl2F2O2S. The van der Waals surface area contributed by atoms with Gasteiger partial charge in [0.1, 0.15) is 11.6 Å². The summed E-state index contributed by atoms with van der Waals surface area (Å²) < 4.78 is 42.8.